The zero-order valence-corrected chi connectivity index (χ0v) is 16.5. The van der Waals surface area contributed by atoms with Gasteiger partial charge in [-0.3, -0.25) is 4.79 Å². The molecule has 0 fully saturated rings. The predicted octanol–water partition coefficient (Wildman–Crippen LogP) is 2.76. The van der Waals surface area contributed by atoms with Gasteiger partial charge in [-0.2, -0.15) is 0 Å². The molecule has 1 amide bonds. The number of halogens is 1. The van der Waals surface area contributed by atoms with Crippen molar-refractivity contribution in [1.82, 2.24) is 9.88 Å². The van der Waals surface area contributed by atoms with Crippen molar-refractivity contribution in [2.24, 2.45) is 0 Å². The molecule has 8 heteroatoms. The number of carbonyl (C=O) groups excluding carboxylic acids is 3. The fourth-order valence-corrected chi connectivity index (χ4v) is 2.93. The van der Waals surface area contributed by atoms with Crippen LogP contribution in [0.1, 0.15) is 44.6 Å². The van der Waals surface area contributed by atoms with E-state index in [1.165, 1.54) is 38.1 Å². The van der Waals surface area contributed by atoms with Crippen LogP contribution in [0, 0.1) is 19.7 Å². The number of esters is 2. The molecule has 0 spiro atoms. The van der Waals surface area contributed by atoms with Crippen molar-refractivity contribution in [2.45, 2.75) is 33.4 Å². The summed E-state index contributed by atoms with van der Waals surface area (Å²) in [5.74, 6) is -2.15. The second-order valence-corrected chi connectivity index (χ2v) is 6.49. The topological polar surface area (TPSA) is 88.7 Å². The van der Waals surface area contributed by atoms with E-state index in [4.69, 9.17) is 9.47 Å². The molecule has 1 unspecified atom stereocenters. The van der Waals surface area contributed by atoms with E-state index >= 15 is 0 Å². The number of aryl methyl sites for hydroxylation is 1. The number of H-pyrrole nitrogens is 1. The van der Waals surface area contributed by atoms with Crippen LogP contribution in [0.3, 0.4) is 0 Å². The summed E-state index contributed by atoms with van der Waals surface area (Å²) in [6.45, 7) is 4.85. The van der Waals surface area contributed by atoms with Crippen LogP contribution in [0.4, 0.5) is 4.39 Å². The van der Waals surface area contributed by atoms with Crippen LogP contribution in [0.15, 0.2) is 24.3 Å². The van der Waals surface area contributed by atoms with Gasteiger partial charge in [-0.15, -0.1) is 0 Å². The van der Waals surface area contributed by atoms with Crippen molar-refractivity contribution in [2.75, 3.05) is 14.2 Å². The van der Waals surface area contributed by atoms with E-state index < -0.39 is 29.8 Å². The summed E-state index contributed by atoms with van der Waals surface area (Å²) in [6.07, 6.45) is -1.06. The zero-order chi connectivity index (χ0) is 21.0. The second-order valence-electron chi connectivity index (χ2n) is 6.49. The van der Waals surface area contributed by atoms with Crippen molar-refractivity contribution in [3.05, 3.63) is 58.2 Å². The van der Waals surface area contributed by atoms with Gasteiger partial charge in [0.1, 0.15) is 11.5 Å². The quantitative estimate of drug-likeness (QED) is 0.766. The van der Waals surface area contributed by atoms with Gasteiger partial charge in [0.05, 0.1) is 12.7 Å². The molecule has 1 heterocycles. The van der Waals surface area contributed by atoms with Crippen LogP contribution in [0.5, 0.6) is 0 Å². The van der Waals surface area contributed by atoms with Crippen LogP contribution in [0.25, 0.3) is 0 Å². The van der Waals surface area contributed by atoms with Crippen molar-refractivity contribution >= 4 is 17.8 Å². The fourth-order valence-electron chi connectivity index (χ4n) is 2.93. The molecule has 0 saturated heterocycles. The first kappa shape index (κ1) is 21.1. The lowest BCUT2D eigenvalue weighted by Gasteiger charge is -2.21. The third-order valence-electron chi connectivity index (χ3n) is 4.35. The highest BCUT2D eigenvalue weighted by Crippen LogP contribution is 2.20. The van der Waals surface area contributed by atoms with Gasteiger partial charge in [0, 0.05) is 19.3 Å². The summed E-state index contributed by atoms with van der Waals surface area (Å²) in [5, 5.41) is 0. The number of aromatic amines is 1. The first-order valence-electron chi connectivity index (χ1n) is 8.63. The van der Waals surface area contributed by atoms with E-state index in [0.717, 1.165) is 0 Å². The first-order chi connectivity index (χ1) is 13.1. The van der Waals surface area contributed by atoms with Crippen molar-refractivity contribution in [3.8, 4) is 0 Å². The maximum Gasteiger partial charge on any atom is 0.355 e. The van der Waals surface area contributed by atoms with Crippen LogP contribution in [-0.2, 0) is 20.8 Å². The monoisotopic (exact) mass is 390 g/mol. The lowest BCUT2D eigenvalue weighted by molar-refractivity contribution is -0.139. The standard InChI is InChI=1S/C20H23FN2O5/c1-11-16(19(25)27-5)12(2)22-17(11)20(26)28-13(3)18(24)23(4)10-14-7-6-8-15(21)9-14/h6-9,13,22H,10H2,1-5H3. The minimum atomic E-state index is -1.06. The number of amides is 1. The maximum atomic E-state index is 13.3. The largest absolute Gasteiger partial charge is 0.465 e. The van der Waals surface area contributed by atoms with E-state index in [2.05, 4.69) is 4.98 Å². The number of likely N-dealkylation sites (N-methyl/N-ethyl adjacent to an activating group) is 1. The predicted molar refractivity (Wildman–Crippen MR) is 99.4 cm³/mol. The van der Waals surface area contributed by atoms with Crippen molar-refractivity contribution < 1.29 is 28.2 Å². The van der Waals surface area contributed by atoms with Gasteiger partial charge in [-0.25, -0.2) is 14.0 Å². The highest BCUT2D eigenvalue weighted by molar-refractivity contribution is 5.99. The minimum absolute atomic E-state index is 0.0883. The van der Waals surface area contributed by atoms with E-state index in [1.807, 2.05) is 0 Å². The Balaban J connectivity index is 2.07. The highest BCUT2D eigenvalue weighted by Gasteiger charge is 2.27. The number of benzene rings is 1. The number of ether oxygens (including phenoxy) is 2. The van der Waals surface area contributed by atoms with E-state index in [9.17, 15) is 18.8 Å². The normalized spacial score (nSPS) is 11.6. The Morgan fingerprint density at radius 2 is 1.89 bits per heavy atom. The van der Waals surface area contributed by atoms with Crippen LogP contribution in [0.2, 0.25) is 0 Å². The molecule has 0 aliphatic heterocycles. The summed E-state index contributed by atoms with van der Waals surface area (Å²) in [7, 11) is 2.79. The third kappa shape index (κ3) is 4.57. The summed E-state index contributed by atoms with van der Waals surface area (Å²) >= 11 is 0. The smallest absolute Gasteiger partial charge is 0.355 e. The maximum absolute atomic E-state index is 13.3. The molecule has 2 rings (SSSR count). The first-order valence-corrected chi connectivity index (χ1v) is 8.63. The highest BCUT2D eigenvalue weighted by atomic mass is 19.1. The molecule has 0 radical (unpaired) electrons. The molecular formula is C20H23FN2O5. The summed E-state index contributed by atoms with van der Waals surface area (Å²) in [4.78, 5) is 40.9. The molecule has 1 aromatic heterocycles. The van der Waals surface area contributed by atoms with Gasteiger partial charge in [0.15, 0.2) is 6.10 Å². The Labute approximate surface area is 162 Å². The van der Waals surface area contributed by atoms with Crippen molar-refractivity contribution in [3.63, 3.8) is 0 Å². The molecule has 2 aromatic rings. The number of methoxy groups -OCH3 is 1. The van der Waals surface area contributed by atoms with Crippen LogP contribution >= 0.6 is 0 Å². The molecule has 0 aliphatic carbocycles. The molecular weight excluding hydrogens is 367 g/mol. The molecule has 0 bridgehead atoms. The molecule has 1 atom stereocenters. The van der Waals surface area contributed by atoms with Crippen molar-refractivity contribution in [1.29, 1.82) is 0 Å². The number of nitrogens with one attached hydrogen (secondary N) is 1. The Kier molecular flexibility index (Phi) is 6.56. The van der Waals surface area contributed by atoms with E-state index in [1.54, 1.807) is 26.0 Å². The van der Waals surface area contributed by atoms with Crippen LogP contribution < -0.4 is 0 Å². The van der Waals surface area contributed by atoms with Gasteiger partial charge < -0.3 is 19.4 Å². The van der Waals surface area contributed by atoms with Gasteiger partial charge in [0.25, 0.3) is 5.91 Å². The Hall–Kier alpha value is -3.16. The second kappa shape index (κ2) is 8.69. The average molecular weight is 390 g/mol. The third-order valence-corrected chi connectivity index (χ3v) is 4.35. The molecule has 150 valence electrons. The number of aromatic nitrogens is 1. The summed E-state index contributed by atoms with van der Waals surface area (Å²) in [5.41, 5.74) is 1.83. The number of carbonyl (C=O) groups is 3. The molecule has 0 saturated carbocycles. The fraction of sp³-hybridized carbons (Fsp3) is 0.350. The minimum Gasteiger partial charge on any atom is -0.465 e. The van der Waals surface area contributed by atoms with E-state index in [0.29, 0.717) is 16.8 Å². The van der Waals surface area contributed by atoms with Gasteiger partial charge in [-0.1, -0.05) is 12.1 Å². The zero-order valence-electron chi connectivity index (χ0n) is 16.5. The summed E-state index contributed by atoms with van der Waals surface area (Å²) in [6, 6.07) is 5.91. The average Bonchev–Trinajstić information content (AvgIpc) is 2.94. The number of rotatable bonds is 6. The lowest BCUT2D eigenvalue weighted by atomic mass is 10.1. The number of nitrogens with zero attached hydrogens (tertiary/aromatic N) is 1. The van der Waals surface area contributed by atoms with Gasteiger partial charge in [0.2, 0.25) is 0 Å². The number of hydrogen-bond acceptors (Lipinski definition) is 5. The van der Waals surface area contributed by atoms with Crippen LogP contribution in [-0.4, -0.2) is 48.0 Å². The Morgan fingerprint density at radius 3 is 2.50 bits per heavy atom. The Bertz CT molecular complexity index is 906. The molecule has 1 N–H and O–H groups in total. The molecule has 7 nitrogen and oxygen atoms in total. The summed E-state index contributed by atoms with van der Waals surface area (Å²) < 4.78 is 23.2. The van der Waals surface area contributed by atoms with Gasteiger partial charge >= 0.3 is 11.9 Å². The van der Waals surface area contributed by atoms with Gasteiger partial charge in [-0.05, 0) is 44.0 Å². The van der Waals surface area contributed by atoms with E-state index in [-0.39, 0.29) is 17.8 Å². The molecule has 0 aliphatic rings. The Morgan fingerprint density at radius 1 is 1.21 bits per heavy atom. The number of hydrogen-bond donors (Lipinski definition) is 1. The molecule has 28 heavy (non-hydrogen) atoms. The SMILES string of the molecule is COC(=O)c1c(C)[nH]c(C(=O)OC(C)C(=O)N(C)Cc2cccc(F)c2)c1C. The lowest BCUT2D eigenvalue weighted by Crippen LogP contribution is -2.37. The molecule has 1 aromatic carbocycles.